The lowest BCUT2D eigenvalue weighted by Crippen LogP contribution is -2.28. The number of para-hydroxylation sites is 1. The number of aromatic nitrogens is 2. The van der Waals surface area contributed by atoms with Crippen LogP contribution in [0.5, 0.6) is 5.75 Å². The van der Waals surface area contributed by atoms with Crippen LogP contribution in [-0.2, 0) is 16.1 Å². The number of nitro benzene ring substituents is 1. The zero-order chi connectivity index (χ0) is 23.3. The lowest BCUT2D eigenvalue weighted by atomic mass is 10.2. The molecule has 11 heteroatoms. The van der Waals surface area contributed by atoms with Crippen LogP contribution in [0.3, 0.4) is 0 Å². The van der Waals surface area contributed by atoms with Gasteiger partial charge in [0.25, 0.3) is 11.2 Å². The van der Waals surface area contributed by atoms with Crippen molar-refractivity contribution >= 4 is 39.9 Å². The molecule has 1 N–H and O–H groups in total. The van der Waals surface area contributed by atoms with E-state index in [2.05, 4.69) is 10.3 Å². The van der Waals surface area contributed by atoms with E-state index in [0.717, 1.165) is 11.8 Å². The van der Waals surface area contributed by atoms with Gasteiger partial charge in [-0.1, -0.05) is 23.9 Å². The average Bonchev–Trinajstić information content (AvgIpc) is 2.78. The number of benzene rings is 2. The van der Waals surface area contributed by atoms with Gasteiger partial charge in [-0.25, -0.2) is 4.98 Å². The van der Waals surface area contributed by atoms with Crippen LogP contribution in [0, 0.1) is 10.1 Å². The summed E-state index contributed by atoms with van der Waals surface area (Å²) in [6.45, 7) is 2.24. The van der Waals surface area contributed by atoms with Gasteiger partial charge in [0, 0.05) is 19.2 Å². The number of non-ortho nitro benzene ring substituents is 1. The molecule has 1 aromatic heterocycles. The number of thioether (sulfide) groups is 1. The van der Waals surface area contributed by atoms with Crippen LogP contribution >= 0.6 is 11.8 Å². The fourth-order valence-electron chi connectivity index (χ4n) is 2.97. The van der Waals surface area contributed by atoms with Crippen molar-refractivity contribution in [2.24, 2.45) is 0 Å². The van der Waals surface area contributed by atoms with E-state index in [1.54, 1.807) is 31.2 Å². The van der Waals surface area contributed by atoms with Crippen molar-refractivity contribution in [3.05, 3.63) is 62.9 Å². The van der Waals surface area contributed by atoms with Gasteiger partial charge in [-0.2, -0.15) is 0 Å². The second kappa shape index (κ2) is 10.2. The van der Waals surface area contributed by atoms with Gasteiger partial charge in [0.05, 0.1) is 47.0 Å². The molecule has 10 nitrogen and oxygen atoms in total. The quantitative estimate of drug-likeness (QED) is 0.224. The number of carbonyl (C=O) groups is 1. The predicted molar refractivity (Wildman–Crippen MR) is 121 cm³/mol. The molecule has 1 amide bonds. The number of hydrogen-bond donors (Lipinski definition) is 1. The fraction of sp³-hybridized carbons (Fsp3) is 0.286. The molecule has 0 aliphatic rings. The summed E-state index contributed by atoms with van der Waals surface area (Å²) in [5.74, 6) is -0.128. The number of methoxy groups -OCH3 is 2. The largest absolute Gasteiger partial charge is 0.495 e. The summed E-state index contributed by atoms with van der Waals surface area (Å²) < 4.78 is 11.8. The van der Waals surface area contributed by atoms with Gasteiger partial charge >= 0.3 is 0 Å². The molecule has 32 heavy (non-hydrogen) atoms. The van der Waals surface area contributed by atoms with E-state index in [4.69, 9.17) is 9.47 Å². The number of carbonyl (C=O) groups excluding carboxylic acids is 1. The Bertz CT molecular complexity index is 1210. The topological polar surface area (TPSA) is 126 Å². The Balaban J connectivity index is 1.89. The molecule has 1 atom stereocenters. The molecule has 0 saturated carbocycles. The molecule has 0 unspecified atom stereocenters. The molecular formula is C21H22N4O6S. The van der Waals surface area contributed by atoms with Gasteiger partial charge in [-0.3, -0.25) is 24.3 Å². The molecular weight excluding hydrogens is 436 g/mol. The SMILES string of the molecule is COCCn1c(S[C@H](C)C(=O)Nc2cc([N+](=O)[O-])ccc2OC)nc2ccccc2c1=O. The summed E-state index contributed by atoms with van der Waals surface area (Å²) in [5, 5.41) is 13.9. The number of nitro groups is 1. The Labute approximate surface area is 187 Å². The first kappa shape index (κ1) is 23.2. The van der Waals surface area contributed by atoms with E-state index in [1.807, 2.05) is 0 Å². The van der Waals surface area contributed by atoms with Crippen LogP contribution in [0.25, 0.3) is 10.9 Å². The molecule has 0 aliphatic carbocycles. The molecule has 168 valence electrons. The number of ether oxygens (including phenoxy) is 2. The Morgan fingerprint density at radius 2 is 2.03 bits per heavy atom. The molecule has 3 aromatic rings. The third-order valence-electron chi connectivity index (χ3n) is 4.65. The van der Waals surface area contributed by atoms with Gasteiger partial charge in [0.2, 0.25) is 5.91 Å². The van der Waals surface area contributed by atoms with Crippen molar-refractivity contribution in [2.45, 2.75) is 23.9 Å². The van der Waals surface area contributed by atoms with Crippen LogP contribution in [0.4, 0.5) is 11.4 Å². The smallest absolute Gasteiger partial charge is 0.271 e. The molecule has 0 bridgehead atoms. The third kappa shape index (κ3) is 5.06. The Morgan fingerprint density at radius 3 is 2.72 bits per heavy atom. The number of nitrogens with zero attached hydrogens (tertiary/aromatic N) is 3. The second-order valence-corrected chi connectivity index (χ2v) is 8.06. The van der Waals surface area contributed by atoms with Crippen LogP contribution in [0.2, 0.25) is 0 Å². The molecule has 1 heterocycles. The molecule has 0 spiro atoms. The van der Waals surface area contributed by atoms with Crippen molar-refractivity contribution in [3.8, 4) is 5.75 Å². The highest BCUT2D eigenvalue weighted by Crippen LogP contribution is 2.30. The number of hydrogen-bond acceptors (Lipinski definition) is 8. The van der Waals surface area contributed by atoms with Gasteiger partial charge in [0.1, 0.15) is 5.75 Å². The van der Waals surface area contributed by atoms with Crippen LogP contribution < -0.4 is 15.6 Å². The second-order valence-electron chi connectivity index (χ2n) is 6.75. The highest BCUT2D eigenvalue weighted by atomic mass is 32.2. The predicted octanol–water partition coefficient (Wildman–Crippen LogP) is 3.08. The van der Waals surface area contributed by atoms with Crippen molar-refractivity contribution in [3.63, 3.8) is 0 Å². The van der Waals surface area contributed by atoms with E-state index in [1.165, 1.54) is 37.0 Å². The maximum absolute atomic E-state index is 13.0. The van der Waals surface area contributed by atoms with E-state index < -0.39 is 16.1 Å². The normalized spacial score (nSPS) is 11.8. The number of rotatable bonds is 9. The average molecular weight is 458 g/mol. The summed E-state index contributed by atoms with van der Waals surface area (Å²) in [7, 11) is 2.94. The standard InChI is InChI=1S/C21H22N4O6S/c1-13(19(26)22-17-12-14(25(28)29)8-9-18(17)31-3)32-21-23-16-7-5-4-6-15(16)20(27)24(21)10-11-30-2/h4-9,12-13H,10-11H2,1-3H3,(H,22,26)/t13-/m1/s1. The van der Waals surface area contributed by atoms with Crippen LogP contribution in [0.15, 0.2) is 52.4 Å². The van der Waals surface area contributed by atoms with Gasteiger partial charge in [0.15, 0.2) is 5.16 Å². The number of nitrogens with one attached hydrogen (secondary N) is 1. The fourth-order valence-corrected chi connectivity index (χ4v) is 3.91. The number of fused-ring (bicyclic) bond motifs is 1. The van der Waals surface area contributed by atoms with Crippen LogP contribution in [-0.4, -0.2) is 46.5 Å². The minimum absolute atomic E-state index is 0.175. The molecule has 0 saturated heterocycles. The number of anilines is 1. The lowest BCUT2D eigenvalue weighted by molar-refractivity contribution is -0.384. The van der Waals surface area contributed by atoms with E-state index in [9.17, 15) is 19.7 Å². The van der Waals surface area contributed by atoms with Crippen molar-refractivity contribution in [1.29, 1.82) is 0 Å². The lowest BCUT2D eigenvalue weighted by Gasteiger charge is -2.17. The molecule has 2 aromatic carbocycles. The highest BCUT2D eigenvalue weighted by Gasteiger charge is 2.21. The van der Waals surface area contributed by atoms with E-state index >= 15 is 0 Å². The highest BCUT2D eigenvalue weighted by molar-refractivity contribution is 8.00. The van der Waals surface area contributed by atoms with Crippen molar-refractivity contribution in [2.75, 3.05) is 26.1 Å². The van der Waals surface area contributed by atoms with E-state index in [0.29, 0.717) is 28.4 Å². The molecule has 0 radical (unpaired) electrons. The summed E-state index contributed by atoms with van der Waals surface area (Å²) in [6, 6.07) is 10.9. The molecule has 0 fully saturated rings. The van der Waals surface area contributed by atoms with Gasteiger partial charge in [-0.05, 0) is 25.1 Å². The van der Waals surface area contributed by atoms with Crippen molar-refractivity contribution in [1.82, 2.24) is 9.55 Å². The first-order valence-corrected chi connectivity index (χ1v) is 10.5. The maximum Gasteiger partial charge on any atom is 0.271 e. The Hall–Kier alpha value is -3.44. The summed E-state index contributed by atoms with van der Waals surface area (Å²) in [4.78, 5) is 40.9. The minimum atomic E-state index is -0.666. The summed E-state index contributed by atoms with van der Waals surface area (Å²) in [6.07, 6.45) is 0. The maximum atomic E-state index is 13.0. The number of amides is 1. The minimum Gasteiger partial charge on any atom is -0.495 e. The van der Waals surface area contributed by atoms with Gasteiger partial charge in [-0.15, -0.1) is 0 Å². The van der Waals surface area contributed by atoms with Crippen LogP contribution in [0.1, 0.15) is 6.92 Å². The Kier molecular flexibility index (Phi) is 7.44. The molecule has 3 rings (SSSR count). The molecule has 0 aliphatic heterocycles. The third-order valence-corrected chi connectivity index (χ3v) is 5.74. The zero-order valence-corrected chi connectivity index (χ0v) is 18.5. The monoisotopic (exact) mass is 458 g/mol. The first-order valence-electron chi connectivity index (χ1n) is 9.64. The zero-order valence-electron chi connectivity index (χ0n) is 17.7. The first-order chi connectivity index (χ1) is 15.3. The van der Waals surface area contributed by atoms with Crippen molar-refractivity contribution < 1.29 is 19.2 Å². The van der Waals surface area contributed by atoms with E-state index in [-0.39, 0.29) is 23.5 Å². The van der Waals surface area contributed by atoms with Gasteiger partial charge < -0.3 is 14.8 Å². The Morgan fingerprint density at radius 1 is 1.28 bits per heavy atom. The summed E-state index contributed by atoms with van der Waals surface area (Å²) >= 11 is 1.11. The summed E-state index contributed by atoms with van der Waals surface area (Å²) in [5.41, 5.74) is 0.318.